The number of aliphatic hydroxyl groups is 5. The highest BCUT2D eigenvalue weighted by molar-refractivity contribution is 5.80. The van der Waals surface area contributed by atoms with Crippen LogP contribution in [0.3, 0.4) is 0 Å². The Hall–Kier alpha value is -3.42. The molecule has 11 nitrogen and oxygen atoms in total. The molecule has 1 fully saturated rings. The maximum atomic E-state index is 13.4. The summed E-state index contributed by atoms with van der Waals surface area (Å²) < 4.78 is 17.5. The van der Waals surface area contributed by atoms with Gasteiger partial charge < -0.3 is 45.1 Å². The lowest BCUT2D eigenvalue weighted by molar-refractivity contribution is -0.305. The predicted octanol–water partition coefficient (Wildman–Crippen LogP) is 13.9. The first-order valence-corrected chi connectivity index (χ1v) is 30.0. The highest BCUT2D eigenvalue weighted by Gasteiger charge is 2.47. The van der Waals surface area contributed by atoms with Crippen molar-refractivity contribution in [3.63, 3.8) is 0 Å². The van der Waals surface area contributed by atoms with Crippen LogP contribution in [0.4, 0.5) is 0 Å². The molecule has 0 saturated carbocycles. The molecule has 0 radical (unpaired) electrons. The van der Waals surface area contributed by atoms with Crippen molar-refractivity contribution in [1.82, 2.24) is 5.32 Å². The summed E-state index contributed by atoms with van der Waals surface area (Å²) in [6.45, 7) is 5.61. The molecule has 1 aliphatic rings. The Labute approximate surface area is 456 Å². The van der Waals surface area contributed by atoms with Crippen LogP contribution in [0.15, 0.2) is 97.2 Å². The van der Waals surface area contributed by atoms with Gasteiger partial charge in [0.15, 0.2) is 12.4 Å². The number of amides is 1. The van der Waals surface area contributed by atoms with E-state index in [1.165, 1.54) is 89.9 Å². The molecule has 0 aliphatic carbocycles. The van der Waals surface area contributed by atoms with E-state index in [2.05, 4.69) is 99.0 Å². The third-order valence-electron chi connectivity index (χ3n) is 13.5. The number of carbonyl (C=O) groups excluding carboxylic acids is 2. The molecule has 0 aromatic heterocycles. The lowest BCUT2D eigenvalue weighted by Gasteiger charge is -2.41. The molecule has 8 unspecified atom stereocenters. The summed E-state index contributed by atoms with van der Waals surface area (Å²) in [5.41, 5.74) is 0. The molecule has 8 atom stereocenters. The molecule has 11 heteroatoms. The van der Waals surface area contributed by atoms with Gasteiger partial charge in [0.1, 0.15) is 24.4 Å². The van der Waals surface area contributed by atoms with Crippen LogP contribution in [0, 0.1) is 0 Å². The molecular formula is C64H109NO10. The van der Waals surface area contributed by atoms with Gasteiger partial charge in [0.05, 0.1) is 25.4 Å². The molecule has 1 saturated heterocycles. The van der Waals surface area contributed by atoms with Crippen molar-refractivity contribution >= 4 is 11.9 Å². The van der Waals surface area contributed by atoms with E-state index >= 15 is 0 Å². The zero-order chi connectivity index (χ0) is 54.7. The first kappa shape index (κ1) is 69.6. The minimum absolute atomic E-state index is 0.0109. The fourth-order valence-electron chi connectivity index (χ4n) is 8.73. The van der Waals surface area contributed by atoms with Crippen molar-refractivity contribution in [2.75, 3.05) is 13.2 Å². The van der Waals surface area contributed by atoms with Crippen LogP contribution in [0.1, 0.15) is 233 Å². The third kappa shape index (κ3) is 39.6. The Balaban J connectivity index is 2.76. The van der Waals surface area contributed by atoms with Crippen molar-refractivity contribution in [3.8, 4) is 0 Å². The summed E-state index contributed by atoms with van der Waals surface area (Å²) in [6.07, 6.45) is 57.4. The van der Waals surface area contributed by atoms with Crippen LogP contribution in [0.25, 0.3) is 0 Å². The number of hydrogen-bond donors (Lipinski definition) is 6. The van der Waals surface area contributed by atoms with E-state index in [9.17, 15) is 35.1 Å². The van der Waals surface area contributed by atoms with E-state index in [0.29, 0.717) is 12.8 Å². The Morgan fingerprint density at radius 3 is 1.44 bits per heavy atom. The van der Waals surface area contributed by atoms with Crippen molar-refractivity contribution in [3.05, 3.63) is 97.2 Å². The summed E-state index contributed by atoms with van der Waals surface area (Å²) in [4.78, 5) is 26.5. The van der Waals surface area contributed by atoms with Crippen LogP contribution < -0.4 is 5.32 Å². The maximum Gasteiger partial charge on any atom is 0.306 e. The first-order valence-electron chi connectivity index (χ1n) is 30.0. The van der Waals surface area contributed by atoms with E-state index in [1.54, 1.807) is 6.08 Å². The standard InChI is InChI=1S/C64H109NO10/c1-4-7-10-13-16-19-22-25-26-27-28-29-30-31-34-36-39-42-45-48-51-57(68)63(72)65-55(56(67)50-47-44-41-38-35-32-23-20-17-14-11-8-5-2)54-73-64-62(61(71)60(70)58(53-66)74-64)75-59(69)52-49-46-43-40-37-33-24-21-18-15-12-9-6-3/h7,10,16,19,25-26,28-29,31,33-34,37,43,46-47,50,55-58,60-62,64,66-68,70-71H,4-6,8-9,11-15,17-18,20-24,27,30,32,35-36,38-42,44-45,48-49,51-54H2,1-3H3,(H,65,72)/b10-7-,19-16-,26-25-,29-28-,34-31-,37-33-,46-43+,50-47+. The Kier molecular flexibility index (Phi) is 47.6. The highest BCUT2D eigenvalue weighted by atomic mass is 16.7. The van der Waals surface area contributed by atoms with Gasteiger partial charge >= 0.3 is 5.97 Å². The topological polar surface area (TPSA) is 175 Å². The Morgan fingerprint density at radius 1 is 0.533 bits per heavy atom. The molecule has 430 valence electrons. The van der Waals surface area contributed by atoms with Gasteiger partial charge in [-0.25, -0.2) is 0 Å². The third-order valence-corrected chi connectivity index (χ3v) is 13.5. The average Bonchev–Trinajstić information content (AvgIpc) is 3.41. The number of ether oxygens (including phenoxy) is 3. The van der Waals surface area contributed by atoms with E-state index in [4.69, 9.17) is 14.2 Å². The van der Waals surface area contributed by atoms with E-state index in [1.807, 2.05) is 18.2 Å². The molecule has 0 aromatic rings. The van der Waals surface area contributed by atoms with Crippen LogP contribution >= 0.6 is 0 Å². The monoisotopic (exact) mass is 1050 g/mol. The lowest BCUT2D eigenvalue weighted by atomic mass is 9.99. The smallest absolute Gasteiger partial charge is 0.306 e. The average molecular weight is 1050 g/mol. The molecule has 6 N–H and O–H groups in total. The quantitative estimate of drug-likeness (QED) is 0.0195. The largest absolute Gasteiger partial charge is 0.454 e. The number of carbonyl (C=O) groups is 2. The van der Waals surface area contributed by atoms with E-state index in [0.717, 1.165) is 96.3 Å². The van der Waals surface area contributed by atoms with Crippen molar-refractivity contribution < 1.29 is 49.3 Å². The molecule has 0 bridgehead atoms. The lowest BCUT2D eigenvalue weighted by Crippen LogP contribution is -2.61. The highest BCUT2D eigenvalue weighted by Crippen LogP contribution is 2.26. The summed E-state index contributed by atoms with van der Waals surface area (Å²) in [6, 6.07) is -1.05. The SMILES string of the molecule is CC/C=C\C/C=C\C/C=C\C/C=C\C/C=C\CCCCCCC(O)C(=O)NC(COC1OC(CO)C(O)C(O)C1OC(=O)CC/C=C/C/C=C\CCCCCCCC)C(O)/C=C/CCCCCCCCCCCCC. The van der Waals surface area contributed by atoms with Gasteiger partial charge in [0.2, 0.25) is 5.91 Å². The molecule has 1 heterocycles. The summed E-state index contributed by atoms with van der Waals surface area (Å²) >= 11 is 0. The van der Waals surface area contributed by atoms with E-state index < -0.39 is 67.4 Å². The second-order valence-electron chi connectivity index (χ2n) is 20.3. The minimum atomic E-state index is -1.64. The molecule has 1 aliphatic heterocycles. The van der Waals surface area contributed by atoms with Gasteiger partial charge in [-0.3, -0.25) is 9.59 Å². The number of allylic oxidation sites excluding steroid dienone is 15. The van der Waals surface area contributed by atoms with Gasteiger partial charge in [-0.05, 0) is 89.9 Å². The normalized spacial score (nSPS) is 19.9. The van der Waals surface area contributed by atoms with Gasteiger partial charge in [0, 0.05) is 6.42 Å². The number of hydrogen-bond acceptors (Lipinski definition) is 10. The fraction of sp³-hybridized carbons (Fsp3) is 0.719. The molecule has 1 rings (SSSR count). The van der Waals surface area contributed by atoms with Crippen LogP contribution in [0.2, 0.25) is 0 Å². The van der Waals surface area contributed by atoms with Crippen molar-refractivity contribution in [2.45, 2.75) is 282 Å². The molecule has 0 spiro atoms. The van der Waals surface area contributed by atoms with Crippen molar-refractivity contribution in [2.24, 2.45) is 0 Å². The van der Waals surface area contributed by atoms with Crippen LogP contribution in [0.5, 0.6) is 0 Å². The molecule has 75 heavy (non-hydrogen) atoms. The summed E-state index contributed by atoms with van der Waals surface area (Å²) in [5, 5.41) is 56.8. The second-order valence-corrected chi connectivity index (χ2v) is 20.3. The number of nitrogens with one attached hydrogen (secondary N) is 1. The number of aliphatic hydroxyl groups excluding tert-OH is 5. The van der Waals surface area contributed by atoms with Gasteiger partial charge in [-0.15, -0.1) is 0 Å². The van der Waals surface area contributed by atoms with Gasteiger partial charge in [-0.1, -0.05) is 234 Å². The number of unbranched alkanes of at least 4 members (excludes halogenated alkanes) is 21. The van der Waals surface area contributed by atoms with Crippen molar-refractivity contribution in [1.29, 1.82) is 0 Å². The Morgan fingerprint density at radius 2 is 0.960 bits per heavy atom. The predicted molar refractivity (Wildman–Crippen MR) is 310 cm³/mol. The number of esters is 1. The van der Waals surface area contributed by atoms with Gasteiger partial charge in [0.25, 0.3) is 0 Å². The van der Waals surface area contributed by atoms with E-state index in [-0.39, 0.29) is 19.4 Å². The summed E-state index contributed by atoms with van der Waals surface area (Å²) in [7, 11) is 0. The first-order chi connectivity index (χ1) is 36.7. The summed E-state index contributed by atoms with van der Waals surface area (Å²) in [5.74, 6) is -1.29. The second kappa shape index (κ2) is 51.3. The molecule has 0 aromatic carbocycles. The number of rotatable bonds is 49. The zero-order valence-corrected chi connectivity index (χ0v) is 47.4. The minimum Gasteiger partial charge on any atom is -0.454 e. The molecule has 1 amide bonds. The maximum absolute atomic E-state index is 13.4. The zero-order valence-electron chi connectivity index (χ0n) is 47.4. The molecular weight excluding hydrogens is 943 g/mol. The van der Waals surface area contributed by atoms with Crippen LogP contribution in [-0.2, 0) is 23.8 Å². The van der Waals surface area contributed by atoms with Gasteiger partial charge in [-0.2, -0.15) is 0 Å². The van der Waals surface area contributed by atoms with Crippen LogP contribution in [-0.4, -0.2) is 99.6 Å². The Bertz CT molecular complexity index is 1580. The fourth-order valence-corrected chi connectivity index (χ4v) is 8.73.